The van der Waals surface area contributed by atoms with E-state index in [1.54, 1.807) is 6.26 Å². The third-order valence-corrected chi connectivity index (χ3v) is 4.99. The maximum Gasteiger partial charge on any atom is 0.226 e. The Labute approximate surface area is 185 Å². The Morgan fingerprint density at radius 3 is 2.61 bits per heavy atom. The Hall–Kier alpha value is -1.61. The van der Waals surface area contributed by atoms with Crippen molar-refractivity contribution in [1.82, 2.24) is 20.5 Å². The Morgan fingerprint density at radius 2 is 1.93 bits per heavy atom. The zero-order chi connectivity index (χ0) is 19.1. The Bertz CT molecular complexity index is 736. The monoisotopic (exact) mass is 497 g/mol. The lowest BCUT2D eigenvalue weighted by Gasteiger charge is -2.29. The van der Waals surface area contributed by atoms with Crippen LogP contribution >= 0.6 is 24.0 Å². The van der Waals surface area contributed by atoms with Gasteiger partial charge in [-0.3, -0.25) is 0 Å². The number of halogens is 1. The highest BCUT2D eigenvalue weighted by Gasteiger charge is 2.16. The largest absolute Gasteiger partial charge is 0.444 e. The summed E-state index contributed by atoms with van der Waals surface area (Å²) in [5.74, 6) is 2.20. The number of aliphatic imine (C=N–C) groups is 1. The number of benzene rings is 1. The first-order valence-electron chi connectivity index (χ1n) is 9.86. The maximum absolute atomic E-state index is 5.62. The number of hydrogen-bond donors (Lipinski definition) is 2. The fourth-order valence-electron chi connectivity index (χ4n) is 3.22. The predicted octanol–water partition coefficient (Wildman–Crippen LogP) is 3.66. The van der Waals surface area contributed by atoms with Crippen molar-refractivity contribution in [2.75, 3.05) is 33.2 Å². The minimum Gasteiger partial charge on any atom is -0.444 e. The highest BCUT2D eigenvalue weighted by atomic mass is 127. The van der Waals surface area contributed by atoms with Crippen LogP contribution < -0.4 is 10.6 Å². The SMILES string of the molecule is CCNC(=NCc1coc(-c2ccc(C)cc2)n1)NCC1CCN(C)CC1.I. The number of nitrogens with one attached hydrogen (secondary N) is 2. The molecule has 7 heteroatoms. The summed E-state index contributed by atoms with van der Waals surface area (Å²) in [6.07, 6.45) is 4.18. The molecule has 2 N–H and O–H groups in total. The van der Waals surface area contributed by atoms with Crippen molar-refractivity contribution in [2.24, 2.45) is 10.9 Å². The predicted molar refractivity (Wildman–Crippen MR) is 125 cm³/mol. The molecular weight excluding hydrogens is 465 g/mol. The van der Waals surface area contributed by atoms with Gasteiger partial charge in [0.25, 0.3) is 0 Å². The summed E-state index contributed by atoms with van der Waals surface area (Å²) in [5, 5.41) is 6.80. The number of hydrogen-bond acceptors (Lipinski definition) is 4. The smallest absolute Gasteiger partial charge is 0.226 e. The fraction of sp³-hybridized carbons (Fsp3) is 0.524. The lowest BCUT2D eigenvalue weighted by molar-refractivity contribution is 0.220. The second-order valence-electron chi connectivity index (χ2n) is 7.33. The van der Waals surface area contributed by atoms with Crippen LogP contribution in [0.25, 0.3) is 11.5 Å². The molecule has 0 radical (unpaired) electrons. The molecule has 1 fully saturated rings. The minimum absolute atomic E-state index is 0. The lowest BCUT2D eigenvalue weighted by Crippen LogP contribution is -2.42. The molecule has 6 nitrogen and oxygen atoms in total. The van der Waals surface area contributed by atoms with E-state index in [-0.39, 0.29) is 24.0 Å². The summed E-state index contributed by atoms with van der Waals surface area (Å²) in [6.45, 7) is 8.82. The van der Waals surface area contributed by atoms with Gasteiger partial charge in [-0.25, -0.2) is 9.98 Å². The summed E-state index contributed by atoms with van der Waals surface area (Å²) in [4.78, 5) is 11.6. The summed E-state index contributed by atoms with van der Waals surface area (Å²) >= 11 is 0. The number of likely N-dealkylation sites (tertiary alicyclic amines) is 1. The number of aryl methyl sites for hydroxylation is 1. The van der Waals surface area contributed by atoms with Crippen molar-refractivity contribution in [3.05, 3.63) is 41.8 Å². The number of guanidine groups is 1. The molecule has 0 spiro atoms. The molecule has 0 aliphatic carbocycles. The van der Waals surface area contributed by atoms with Crippen LogP contribution in [0.2, 0.25) is 0 Å². The van der Waals surface area contributed by atoms with E-state index >= 15 is 0 Å². The number of nitrogens with zero attached hydrogens (tertiary/aromatic N) is 3. The van der Waals surface area contributed by atoms with Gasteiger partial charge in [0.05, 0.1) is 6.54 Å². The Morgan fingerprint density at radius 1 is 1.21 bits per heavy atom. The van der Waals surface area contributed by atoms with Crippen LogP contribution in [-0.4, -0.2) is 49.1 Å². The van der Waals surface area contributed by atoms with E-state index in [1.807, 2.05) is 12.1 Å². The van der Waals surface area contributed by atoms with Gasteiger partial charge in [0.2, 0.25) is 5.89 Å². The van der Waals surface area contributed by atoms with E-state index in [0.29, 0.717) is 18.4 Å². The van der Waals surface area contributed by atoms with Gasteiger partial charge in [0, 0.05) is 18.7 Å². The van der Waals surface area contributed by atoms with Crippen LogP contribution in [0.15, 0.2) is 39.9 Å². The van der Waals surface area contributed by atoms with Gasteiger partial charge < -0.3 is 20.0 Å². The molecule has 1 saturated heterocycles. The highest BCUT2D eigenvalue weighted by molar-refractivity contribution is 14.0. The maximum atomic E-state index is 5.62. The second kappa shape index (κ2) is 11.4. The van der Waals surface area contributed by atoms with Gasteiger partial charge in [-0.2, -0.15) is 0 Å². The average Bonchev–Trinajstić information content (AvgIpc) is 3.15. The molecule has 2 aromatic rings. The number of aromatic nitrogens is 1. The second-order valence-corrected chi connectivity index (χ2v) is 7.33. The van der Waals surface area contributed by atoms with Gasteiger partial charge in [-0.05, 0) is 64.9 Å². The molecule has 1 aliphatic heterocycles. The van der Waals surface area contributed by atoms with Gasteiger partial charge in [-0.1, -0.05) is 17.7 Å². The third-order valence-electron chi connectivity index (χ3n) is 4.99. The standard InChI is InChI=1S/C21H31N5O.HI/c1-4-22-21(23-13-17-9-11-26(3)12-10-17)24-14-19-15-27-20(25-19)18-7-5-16(2)6-8-18;/h5-8,15,17H,4,9-14H2,1-3H3,(H2,22,23,24);1H. The number of oxazole rings is 1. The number of rotatable bonds is 6. The first-order valence-corrected chi connectivity index (χ1v) is 9.86. The van der Waals surface area contributed by atoms with E-state index < -0.39 is 0 Å². The van der Waals surface area contributed by atoms with E-state index in [2.05, 4.69) is 58.5 Å². The van der Waals surface area contributed by atoms with Gasteiger partial charge in [0.1, 0.15) is 12.0 Å². The Kier molecular flexibility index (Phi) is 9.24. The van der Waals surface area contributed by atoms with Gasteiger partial charge in [-0.15, -0.1) is 24.0 Å². The zero-order valence-electron chi connectivity index (χ0n) is 17.1. The average molecular weight is 497 g/mol. The topological polar surface area (TPSA) is 65.7 Å². The number of piperidine rings is 1. The van der Waals surface area contributed by atoms with Crippen LogP contribution in [0.1, 0.15) is 31.0 Å². The quantitative estimate of drug-likeness (QED) is 0.362. The molecule has 3 rings (SSSR count). The van der Waals surface area contributed by atoms with Crippen molar-refractivity contribution in [3.63, 3.8) is 0 Å². The molecule has 0 amide bonds. The van der Waals surface area contributed by atoms with E-state index in [4.69, 9.17) is 4.42 Å². The van der Waals surface area contributed by atoms with Crippen molar-refractivity contribution >= 4 is 29.9 Å². The van der Waals surface area contributed by atoms with Crippen LogP contribution in [0.4, 0.5) is 0 Å². The van der Waals surface area contributed by atoms with Crippen molar-refractivity contribution < 1.29 is 4.42 Å². The van der Waals surface area contributed by atoms with Crippen molar-refractivity contribution in [1.29, 1.82) is 0 Å². The van der Waals surface area contributed by atoms with Crippen LogP contribution in [0.3, 0.4) is 0 Å². The molecule has 0 bridgehead atoms. The fourth-order valence-corrected chi connectivity index (χ4v) is 3.22. The molecule has 1 aromatic heterocycles. The molecule has 2 heterocycles. The summed E-state index contributed by atoms with van der Waals surface area (Å²) < 4.78 is 5.62. The van der Waals surface area contributed by atoms with Gasteiger partial charge in [0.15, 0.2) is 5.96 Å². The van der Waals surface area contributed by atoms with Crippen LogP contribution in [0.5, 0.6) is 0 Å². The highest BCUT2D eigenvalue weighted by Crippen LogP contribution is 2.19. The molecule has 28 heavy (non-hydrogen) atoms. The van der Waals surface area contributed by atoms with Crippen molar-refractivity contribution in [2.45, 2.75) is 33.2 Å². The summed E-state index contributed by atoms with van der Waals surface area (Å²) in [5.41, 5.74) is 3.05. The minimum atomic E-state index is 0. The van der Waals surface area contributed by atoms with E-state index in [0.717, 1.165) is 30.3 Å². The van der Waals surface area contributed by atoms with Crippen LogP contribution in [-0.2, 0) is 6.54 Å². The third kappa shape index (κ3) is 6.77. The van der Waals surface area contributed by atoms with Gasteiger partial charge >= 0.3 is 0 Å². The molecule has 0 atom stereocenters. The molecule has 0 saturated carbocycles. The van der Waals surface area contributed by atoms with Crippen molar-refractivity contribution in [3.8, 4) is 11.5 Å². The molecule has 1 aliphatic rings. The molecule has 0 unspecified atom stereocenters. The Balaban J connectivity index is 0.00000280. The van der Waals surface area contributed by atoms with Crippen LogP contribution in [0, 0.1) is 12.8 Å². The first-order chi connectivity index (χ1) is 13.1. The zero-order valence-corrected chi connectivity index (χ0v) is 19.4. The normalized spacial score (nSPS) is 15.9. The molecular formula is C21H32IN5O. The van der Waals surface area contributed by atoms with E-state index in [9.17, 15) is 0 Å². The summed E-state index contributed by atoms with van der Waals surface area (Å²) in [6, 6.07) is 8.18. The lowest BCUT2D eigenvalue weighted by atomic mass is 9.97. The molecule has 1 aromatic carbocycles. The molecule has 154 valence electrons. The summed E-state index contributed by atoms with van der Waals surface area (Å²) in [7, 11) is 2.19. The first kappa shape index (κ1) is 22.7. The van der Waals surface area contributed by atoms with E-state index in [1.165, 1.54) is 31.5 Å².